The van der Waals surface area contributed by atoms with E-state index in [0.717, 1.165) is 35.4 Å². The number of rotatable bonds is 3. The van der Waals surface area contributed by atoms with Crippen LogP contribution in [0, 0.1) is 6.92 Å². The van der Waals surface area contributed by atoms with E-state index < -0.39 is 0 Å². The largest absolute Gasteiger partial charge is 0.399 e. The minimum atomic E-state index is 0.663. The normalized spacial score (nSPS) is 11.1. The number of fused-ring (bicyclic) bond motifs is 1. The molecule has 0 saturated carbocycles. The minimum Gasteiger partial charge on any atom is -0.399 e. The Hall–Kier alpha value is -2.49. The lowest BCUT2D eigenvalue weighted by Crippen LogP contribution is -2.01. The Morgan fingerprint density at radius 2 is 1.76 bits per heavy atom. The van der Waals surface area contributed by atoms with Crippen LogP contribution in [0.1, 0.15) is 18.9 Å². The number of hydrogen-bond acceptors (Lipinski definition) is 3. The second kappa shape index (κ2) is 5.13. The van der Waals surface area contributed by atoms with Gasteiger partial charge in [-0.15, -0.1) is 0 Å². The molecule has 4 heteroatoms. The van der Waals surface area contributed by atoms with Gasteiger partial charge >= 0.3 is 0 Å². The smallest absolute Gasteiger partial charge is 0.141 e. The SMILES string of the molecule is CCCn1c(-c2cc(N)cc(N)c2)nc2cc(C)ccc21. The molecule has 4 nitrogen and oxygen atoms in total. The Bertz CT molecular complexity index is 782. The van der Waals surface area contributed by atoms with Crippen LogP contribution in [0.2, 0.25) is 0 Å². The van der Waals surface area contributed by atoms with Crippen LogP contribution in [-0.4, -0.2) is 9.55 Å². The molecule has 3 rings (SSSR count). The van der Waals surface area contributed by atoms with Gasteiger partial charge < -0.3 is 16.0 Å². The van der Waals surface area contributed by atoms with Crippen LogP contribution in [0.5, 0.6) is 0 Å². The van der Waals surface area contributed by atoms with Crippen molar-refractivity contribution in [3.8, 4) is 11.4 Å². The maximum atomic E-state index is 5.92. The second-order valence-corrected chi connectivity index (χ2v) is 5.47. The van der Waals surface area contributed by atoms with E-state index in [2.05, 4.69) is 36.6 Å². The molecule has 0 saturated heterocycles. The van der Waals surface area contributed by atoms with Crippen molar-refractivity contribution in [2.45, 2.75) is 26.8 Å². The van der Waals surface area contributed by atoms with E-state index >= 15 is 0 Å². The predicted octanol–water partition coefficient (Wildman–Crippen LogP) is 3.59. The van der Waals surface area contributed by atoms with Crippen LogP contribution in [0.15, 0.2) is 36.4 Å². The van der Waals surface area contributed by atoms with Gasteiger partial charge in [-0.05, 0) is 49.2 Å². The molecule has 0 aliphatic rings. The Morgan fingerprint density at radius 3 is 2.43 bits per heavy atom. The third kappa shape index (κ3) is 2.44. The van der Waals surface area contributed by atoms with Crippen molar-refractivity contribution < 1.29 is 0 Å². The fourth-order valence-corrected chi connectivity index (χ4v) is 2.72. The quantitative estimate of drug-likeness (QED) is 0.720. The fraction of sp³-hybridized carbons (Fsp3) is 0.235. The number of nitrogen functional groups attached to an aromatic ring is 2. The van der Waals surface area contributed by atoms with E-state index in [1.165, 1.54) is 5.56 Å². The molecule has 0 radical (unpaired) electrons. The molecule has 3 aromatic rings. The Balaban J connectivity index is 2.27. The first-order chi connectivity index (χ1) is 10.1. The zero-order valence-corrected chi connectivity index (χ0v) is 12.4. The molecule has 0 atom stereocenters. The topological polar surface area (TPSA) is 69.9 Å². The third-order valence-corrected chi connectivity index (χ3v) is 3.59. The first-order valence-electron chi connectivity index (χ1n) is 7.22. The summed E-state index contributed by atoms with van der Waals surface area (Å²) >= 11 is 0. The summed E-state index contributed by atoms with van der Waals surface area (Å²) in [7, 11) is 0. The van der Waals surface area contributed by atoms with Crippen LogP contribution in [0.25, 0.3) is 22.4 Å². The molecule has 0 unspecified atom stereocenters. The lowest BCUT2D eigenvalue weighted by Gasteiger charge is -2.09. The number of nitrogens with zero attached hydrogens (tertiary/aromatic N) is 2. The number of anilines is 2. The molecular weight excluding hydrogens is 260 g/mol. The van der Waals surface area contributed by atoms with E-state index in [-0.39, 0.29) is 0 Å². The first-order valence-corrected chi connectivity index (χ1v) is 7.22. The summed E-state index contributed by atoms with van der Waals surface area (Å²) < 4.78 is 2.24. The highest BCUT2D eigenvalue weighted by Crippen LogP contribution is 2.28. The Kier molecular flexibility index (Phi) is 3.29. The van der Waals surface area contributed by atoms with Gasteiger partial charge in [0, 0.05) is 23.5 Å². The van der Waals surface area contributed by atoms with E-state index in [0.29, 0.717) is 11.4 Å². The summed E-state index contributed by atoms with van der Waals surface area (Å²) in [5.41, 5.74) is 17.5. The first kappa shape index (κ1) is 13.5. The lowest BCUT2D eigenvalue weighted by molar-refractivity contribution is 0.704. The van der Waals surface area contributed by atoms with Crippen molar-refractivity contribution in [3.63, 3.8) is 0 Å². The fourth-order valence-electron chi connectivity index (χ4n) is 2.72. The summed E-state index contributed by atoms with van der Waals surface area (Å²) in [5, 5.41) is 0. The van der Waals surface area contributed by atoms with Crippen molar-refractivity contribution in [2.75, 3.05) is 11.5 Å². The van der Waals surface area contributed by atoms with Crippen molar-refractivity contribution in [2.24, 2.45) is 0 Å². The number of aromatic nitrogens is 2. The summed E-state index contributed by atoms with van der Waals surface area (Å²) in [6.45, 7) is 5.16. The van der Waals surface area contributed by atoms with Crippen molar-refractivity contribution in [1.82, 2.24) is 9.55 Å². The van der Waals surface area contributed by atoms with Crippen molar-refractivity contribution in [3.05, 3.63) is 42.0 Å². The molecule has 108 valence electrons. The third-order valence-electron chi connectivity index (χ3n) is 3.59. The van der Waals surface area contributed by atoms with E-state index in [1.54, 1.807) is 6.07 Å². The maximum Gasteiger partial charge on any atom is 0.141 e. The molecule has 4 N–H and O–H groups in total. The van der Waals surface area contributed by atoms with Gasteiger partial charge in [0.25, 0.3) is 0 Å². The van der Waals surface area contributed by atoms with Crippen LogP contribution < -0.4 is 11.5 Å². The minimum absolute atomic E-state index is 0.663. The summed E-state index contributed by atoms with van der Waals surface area (Å²) in [5.74, 6) is 0.927. The molecule has 0 aliphatic heterocycles. The van der Waals surface area contributed by atoms with Crippen molar-refractivity contribution >= 4 is 22.4 Å². The maximum absolute atomic E-state index is 5.92. The molecule has 1 heterocycles. The molecule has 0 amide bonds. The highest BCUT2D eigenvalue weighted by atomic mass is 15.1. The zero-order chi connectivity index (χ0) is 15.0. The molecule has 21 heavy (non-hydrogen) atoms. The molecular formula is C17H20N4. The van der Waals surface area contributed by atoms with Crippen LogP contribution in [0.4, 0.5) is 11.4 Å². The van der Waals surface area contributed by atoms with Gasteiger partial charge in [-0.25, -0.2) is 4.98 Å². The van der Waals surface area contributed by atoms with Crippen LogP contribution in [0.3, 0.4) is 0 Å². The van der Waals surface area contributed by atoms with Gasteiger partial charge in [0.1, 0.15) is 5.82 Å². The van der Waals surface area contributed by atoms with E-state index in [4.69, 9.17) is 16.5 Å². The summed E-state index contributed by atoms with van der Waals surface area (Å²) in [6, 6.07) is 12.0. The van der Waals surface area contributed by atoms with Gasteiger partial charge in [0.15, 0.2) is 0 Å². The molecule has 1 aromatic heterocycles. The average Bonchev–Trinajstić information content (AvgIpc) is 2.76. The van der Waals surface area contributed by atoms with Gasteiger partial charge in [0.2, 0.25) is 0 Å². The van der Waals surface area contributed by atoms with Crippen LogP contribution in [-0.2, 0) is 6.54 Å². The highest BCUT2D eigenvalue weighted by Gasteiger charge is 2.13. The number of hydrogen-bond donors (Lipinski definition) is 2. The molecule has 0 spiro atoms. The number of imidazole rings is 1. The molecule has 0 aliphatic carbocycles. The monoisotopic (exact) mass is 280 g/mol. The van der Waals surface area contributed by atoms with Gasteiger partial charge in [-0.1, -0.05) is 13.0 Å². The molecule has 0 fully saturated rings. The van der Waals surface area contributed by atoms with Crippen LogP contribution >= 0.6 is 0 Å². The average molecular weight is 280 g/mol. The second-order valence-electron chi connectivity index (χ2n) is 5.47. The molecule has 2 aromatic carbocycles. The van der Waals surface area contributed by atoms with E-state index in [9.17, 15) is 0 Å². The predicted molar refractivity (Wildman–Crippen MR) is 89.0 cm³/mol. The zero-order valence-electron chi connectivity index (χ0n) is 12.4. The Labute approximate surface area is 124 Å². The Morgan fingerprint density at radius 1 is 1.05 bits per heavy atom. The lowest BCUT2D eigenvalue weighted by atomic mass is 10.1. The number of aryl methyl sites for hydroxylation is 2. The van der Waals surface area contributed by atoms with E-state index in [1.807, 2.05) is 12.1 Å². The summed E-state index contributed by atoms with van der Waals surface area (Å²) in [6.07, 6.45) is 1.05. The standard InChI is InChI=1S/C17H20N4/c1-3-6-21-16-5-4-11(2)7-15(16)20-17(21)12-8-13(18)10-14(19)9-12/h4-5,7-10H,3,6,18-19H2,1-2H3. The number of nitrogens with two attached hydrogens (primary N) is 2. The van der Waals surface area contributed by atoms with Crippen molar-refractivity contribution in [1.29, 1.82) is 0 Å². The summed E-state index contributed by atoms with van der Waals surface area (Å²) in [4.78, 5) is 4.80. The van der Waals surface area contributed by atoms with Gasteiger partial charge in [-0.3, -0.25) is 0 Å². The number of benzene rings is 2. The highest BCUT2D eigenvalue weighted by molar-refractivity contribution is 5.82. The van der Waals surface area contributed by atoms with Gasteiger partial charge in [0.05, 0.1) is 11.0 Å². The van der Waals surface area contributed by atoms with Gasteiger partial charge in [-0.2, -0.15) is 0 Å². The molecule has 0 bridgehead atoms.